The normalized spacial score (nSPS) is 10.8. The molecule has 0 bridgehead atoms. The Bertz CT molecular complexity index is 399. The number of hydrogen-bond acceptors (Lipinski definition) is 4. The highest BCUT2D eigenvalue weighted by Crippen LogP contribution is 2.07. The molecular formula is C16H25NO4. The number of esters is 1. The van der Waals surface area contributed by atoms with Crippen molar-refractivity contribution in [1.29, 1.82) is 0 Å². The van der Waals surface area contributed by atoms with Crippen LogP contribution in [-0.2, 0) is 14.3 Å². The Labute approximate surface area is 126 Å². The molecule has 0 unspecified atom stereocenters. The van der Waals surface area contributed by atoms with Gasteiger partial charge in [-0.1, -0.05) is 38.5 Å². The molecule has 0 radical (unpaired) electrons. The number of amides is 1. The number of rotatable bonds is 11. The minimum atomic E-state index is -0.354. The first-order chi connectivity index (χ1) is 10.0. The van der Waals surface area contributed by atoms with Crippen LogP contribution in [0.3, 0.4) is 0 Å². The van der Waals surface area contributed by atoms with Gasteiger partial charge in [0.25, 0.3) is 5.91 Å². The summed E-state index contributed by atoms with van der Waals surface area (Å²) in [5, 5.41) is 12.0. The minimum absolute atomic E-state index is 0.128. The molecule has 21 heavy (non-hydrogen) atoms. The van der Waals surface area contributed by atoms with E-state index in [4.69, 9.17) is 0 Å². The molecule has 2 N–H and O–H groups in total. The van der Waals surface area contributed by atoms with Crippen molar-refractivity contribution in [3.05, 3.63) is 36.6 Å². The van der Waals surface area contributed by atoms with E-state index in [1.54, 1.807) is 0 Å². The molecule has 0 fully saturated rings. The molecule has 0 saturated heterocycles. The predicted molar refractivity (Wildman–Crippen MR) is 82.8 cm³/mol. The Morgan fingerprint density at radius 1 is 1.19 bits per heavy atom. The molecule has 0 aliphatic carbocycles. The van der Waals surface area contributed by atoms with Gasteiger partial charge in [-0.15, -0.1) is 0 Å². The Balaban J connectivity index is 3.69. The van der Waals surface area contributed by atoms with Crippen LogP contribution in [0.4, 0.5) is 0 Å². The van der Waals surface area contributed by atoms with Crippen molar-refractivity contribution in [2.75, 3.05) is 13.7 Å². The third kappa shape index (κ3) is 9.49. The highest BCUT2D eigenvalue weighted by molar-refractivity contribution is 5.97. The number of allylic oxidation sites excluding steroid dienone is 2. The maximum Gasteiger partial charge on any atom is 0.305 e. The van der Waals surface area contributed by atoms with E-state index in [2.05, 4.69) is 23.2 Å². The van der Waals surface area contributed by atoms with Crippen LogP contribution in [0.25, 0.3) is 0 Å². The second-order valence-electron chi connectivity index (χ2n) is 4.61. The number of hydrogen-bond donors (Lipinski definition) is 2. The molecule has 0 atom stereocenters. The van der Waals surface area contributed by atoms with Crippen molar-refractivity contribution in [3.8, 4) is 0 Å². The number of methoxy groups -OCH3 is 1. The van der Waals surface area contributed by atoms with E-state index in [0.29, 0.717) is 13.0 Å². The minimum Gasteiger partial charge on any atom is -0.508 e. The van der Waals surface area contributed by atoms with Crippen molar-refractivity contribution in [1.82, 2.24) is 5.32 Å². The van der Waals surface area contributed by atoms with Crippen molar-refractivity contribution in [2.24, 2.45) is 0 Å². The predicted octanol–water partition coefficient (Wildman–Crippen LogP) is 2.80. The van der Waals surface area contributed by atoms with E-state index in [9.17, 15) is 14.7 Å². The van der Waals surface area contributed by atoms with Gasteiger partial charge < -0.3 is 15.2 Å². The van der Waals surface area contributed by atoms with Crippen molar-refractivity contribution >= 4 is 11.9 Å². The molecule has 5 heteroatoms. The van der Waals surface area contributed by atoms with E-state index >= 15 is 0 Å². The van der Waals surface area contributed by atoms with Crippen molar-refractivity contribution < 1.29 is 19.4 Å². The van der Waals surface area contributed by atoms with E-state index < -0.39 is 0 Å². The molecule has 0 saturated carbocycles. The summed E-state index contributed by atoms with van der Waals surface area (Å²) < 4.78 is 4.56. The Morgan fingerprint density at radius 3 is 2.38 bits per heavy atom. The third-order valence-corrected chi connectivity index (χ3v) is 2.91. The zero-order valence-corrected chi connectivity index (χ0v) is 12.7. The van der Waals surface area contributed by atoms with Gasteiger partial charge in [0.2, 0.25) is 0 Å². The number of carbonyl (C=O) groups excluding carboxylic acids is 2. The molecule has 0 spiro atoms. The van der Waals surface area contributed by atoms with Crippen LogP contribution in [-0.4, -0.2) is 30.6 Å². The lowest BCUT2D eigenvalue weighted by atomic mass is 10.1. The molecule has 0 aromatic heterocycles. The van der Waals surface area contributed by atoms with Gasteiger partial charge in [0.15, 0.2) is 0 Å². The molecule has 0 heterocycles. The molecule has 1 amide bonds. The smallest absolute Gasteiger partial charge is 0.305 e. The highest BCUT2D eigenvalue weighted by Gasteiger charge is 2.10. The summed E-state index contributed by atoms with van der Waals surface area (Å²) in [5.41, 5.74) is 0.128. The number of aliphatic hydroxyl groups is 1. The summed E-state index contributed by atoms with van der Waals surface area (Å²) in [5.74, 6) is -0.795. The van der Waals surface area contributed by atoms with Gasteiger partial charge in [-0.25, -0.2) is 0 Å². The average molecular weight is 295 g/mol. The number of carbonyl (C=O) groups is 2. The van der Waals surface area contributed by atoms with E-state index in [1.165, 1.54) is 19.3 Å². The summed E-state index contributed by atoms with van der Waals surface area (Å²) in [6, 6.07) is 0. The first-order valence-corrected chi connectivity index (χ1v) is 7.09. The molecule has 0 aliphatic heterocycles. The van der Waals surface area contributed by atoms with Crippen LogP contribution < -0.4 is 5.32 Å². The number of nitrogens with one attached hydrogen (secondary N) is 1. The van der Waals surface area contributed by atoms with Crippen molar-refractivity contribution in [2.45, 2.75) is 38.5 Å². The zero-order valence-electron chi connectivity index (χ0n) is 12.7. The van der Waals surface area contributed by atoms with Crippen LogP contribution in [0.15, 0.2) is 36.6 Å². The third-order valence-electron chi connectivity index (χ3n) is 2.91. The summed E-state index contributed by atoms with van der Waals surface area (Å²) in [6.45, 7) is 7.36. The molecule has 118 valence electrons. The molecule has 0 aromatic carbocycles. The fourth-order valence-corrected chi connectivity index (χ4v) is 1.74. The quantitative estimate of drug-likeness (QED) is 0.202. The van der Waals surface area contributed by atoms with Gasteiger partial charge in [-0.3, -0.25) is 9.59 Å². The van der Waals surface area contributed by atoms with Gasteiger partial charge in [0.05, 0.1) is 12.7 Å². The summed E-state index contributed by atoms with van der Waals surface area (Å²) in [7, 11) is 1.39. The van der Waals surface area contributed by atoms with Crippen LogP contribution >= 0.6 is 0 Å². The van der Waals surface area contributed by atoms with Gasteiger partial charge in [0.1, 0.15) is 5.76 Å². The van der Waals surface area contributed by atoms with Crippen LogP contribution in [0.2, 0.25) is 0 Å². The summed E-state index contributed by atoms with van der Waals surface area (Å²) >= 11 is 0. The van der Waals surface area contributed by atoms with Gasteiger partial charge in [-0.05, 0) is 18.9 Å². The summed E-state index contributed by atoms with van der Waals surface area (Å²) in [6.07, 6.45) is 7.94. The Morgan fingerprint density at radius 2 is 1.81 bits per heavy atom. The number of aliphatic hydroxyl groups excluding tert-OH is 1. The summed E-state index contributed by atoms with van der Waals surface area (Å²) in [4.78, 5) is 22.6. The lowest BCUT2D eigenvalue weighted by molar-refractivity contribution is -0.140. The molecule has 0 aromatic rings. The highest BCUT2D eigenvalue weighted by atomic mass is 16.5. The van der Waals surface area contributed by atoms with E-state index in [-0.39, 0.29) is 23.2 Å². The van der Waals surface area contributed by atoms with Crippen molar-refractivity contribution in [3.63, 3.8) is 0 Å². The maximum atomic E-state index is 11.7. The fraction of sp³-hybridized carbons (Fsp3) is 0.500. The Kier molecular flexibility index (Phi) is 10.6. The second kappa shape index (κ2) is 11.8. The van der Waals surface area contributed by atoms with Gasteiger partial charge >= 0.3 is 5.97 Å². The van der Waals surface area contributed by atoms with Crippen LogP contribution in [0, 0.1) is 0 Å². The van der Waals surface area contributed by atoms with E-state index in [0.717, 1.165) is 32.1 Å². The lowest BCUT2D eigenvalue weighted by Gasteiger charge is -2.07. The number of unbranched alkanes of at least 4 members (excludes halogenated alkanes) is 4. The molecule has 5 nitrogen and oxygen atoms in total. The number of ether oxygens (including phenoxy) is 1. The fourth-order valence-electron chi connectivity index (χ4n) is 1.74. The standard InChI is InChI=1S/C16H25NO4/c1-4-10-14(13(2)18)16(20)17-12-9-7-5-6-8-11-15(19)21-3/h4,10,18H,1-2,5-9,11-12H2,3H3,(H,17,20)/b14-10+. The van der Waals surface area contributed by atoms with Crippen LogP contribution in [0.1, 0.15) is 38.5 Å². The SMILES string of the molecule is C=C/C=C(\C(=C)O)C(=O)NCCCCCCCC(=O)OC. The first kappa shape index (κ1) is 19.0. The Hall–Kier alpha value is -2.04. The first-order valence-electron chi connectivity index (χ1n) is 7.09. The van der Waals surface area contributed by atoms with E-state index in [1.807, 2.05) is 0 Å². The second-order valence-corrected chi connectivity index (χ2v) is 4.61. The largest absolute Gasteiger partial charge is 0.508 e. The van der Waals surface area contributed by atoms with Gasteiger partial charge in [-0.2, -0.15) is 0 Å². The topological polar surface area (TPSA) is 75.6 Å². The maximum absolute atomic E-state index is 11.7. The lowest BCUT2D eigenvalue weighted by Crippen LogP contribution is -2.26. The molecule has 0 rings (SSSR count). The molecule has 0 aliphatic rings. The monoisotopic (exact) mass is 295 g/mol. The van der Waals surface area contributed by atoms with Crippen LogP contribution in [0.5, 0.6) is 0 Å². The zero-order chi connectivity index (χ0) is 16.1. The van der Waals surface area contributed by atoms with Gasteiger partial charge in [0, 0.05) is 13.0 Å². The average Bonchev–Trinajstić information content (AvgIpc) is 2.46. The molecular weight excluding hydrogens is 270 g/mol.